The molecule has 0 aliphatic rings. The summed E-state index contributed by atoms with van der Waals surface area (Å²) in [6, 6.07) is 4.28. The number of rotatable bonds is 7. The van der Waals surface area contributed by atoms with Crippen LogP contribution in [0.5, 0.6) is 5.75 Å². The zero-order chi connectivity index (χ0) is 15.3. The molecule has 0 fully saturated rings. The van der Waals surface area contributed by atoms with E-state index >= 15 is 0 Å². The maximum Gasteiger partial charge on any atom is 0.240 e. The summed E-state index contributed by atoms with van der Waals surface area (Å²) in [6.45, 7) is -0.169. The zero-order valence-corrected chi connectivity index (χ0v) is 12.1. The van der Waals surface area contributed by atoms with Gasteiger partial charge in [0.15, 0.2) is 5.82 Å². The molecule has 9 heteroatoms. The first-order chi connectivity index (χ1) is 10.1. The van der Waals surface area contributed by atoms with Crippen molar-refractivity contribution in [1.82, 2.24) is 14.9 Å². The minimum absolute atomic E-state index is 0.0560. The van der Waals surface area contributed by atoms with Crippen LogP contribution in [0.15, 0.2) is 34.0 Å². The van der Waals surface area contributed by atoms with E-state index in [-0.39, 0.29) is 18.0 Å². The number of aliphatic hydroxyl groups is 1. The molecule has 0 spiro atoms. The van der Waals surface area contributed by atoms with Gasteiger partial charge in [0.25, 0.3) is 0 Å². The van der Waals surface area contributed by atoms with Gasteiger partial charge in [-0.2, -0.15) is 4.98 Å². The van der Waals surface area contributed by atoms with Gasteiger partial charge in [0, 0.05) is 18.5 Å². The van der Waals surface area contributed by atoms with Crippen LogP contribution in [0.4, 0.5) is 0 Å². The number of nitrogens with zero attached hydrogens (tertiary/aromatic N) is 2. The van der Waals surface area contributed by atoms with Crippen LogP contribution in [-0.2, 0) is 23.1 Å². The van der Waals surface area contributed by atoms with Crippen molar-refractivity contribution in [2.75, 3.05) is 13.7 Å². The fraction of sp³-hybridized carbons (Fsp3) is 0.333. The molecular formula is C12H15N3O5S. The predicted octanol–water partition coefficient (Wildman–Crippen LogP) is 0.0915. The smallest absolute Gasteiger partial charge is 0.240 e. The molecule has 0 bridgehead atoms. The Balaban J connectivity index is 2.08. The lowest BCUT2D eigenvalue weighted by molar-refractivity contribution is 0.273. The Hall–Kier alpha value is -1.97. The average Bonchev–Trinajstić information content (AvgIpc) is 2.99. The first kappa shape index (κ1) is 15.4. The molecule has 0 unspecified atom stereocenters. The Kier molecular flexibility index (Phi) is 4.89. The Morgan fingerprint density at radius 3 is 2.86 bits per heavy atom. The van der Waals surface area contributed by atoms with Gasteiger partial charge in [-0.25, -0.2) is 13.1 Å². The van der Waals surface area contributed by atoms with E-state index in [1.807, 2.05) is 0 Å². The van der Waals surface area contributed by atoms with E-state index in [1.165, 1.54) is 31.7 Å². The van der Waals surface area contributed by atoms with Crippen LogP contribution in [-0.4, -0.2) is 37.3 Å². The van der Waals surface area contributed by atoms with Gasteiger partial charge in [-0.05, 0) is 18.2 Å². The average molecular weight is 313 g/mol. The lowest BCUT2D eigenvalue weighted by atomic mass is 10.2. The molecule has 2 N–H and O–H groups in total. The Bertz CT molecular complexity index is 685. The number of nitrogens with one attached hydrogen (secondary N) is 1. The highest BCUT2D eigenvalue weighted by Gasteiger charge is 2.16. The molecule has 0 saturated heterocycles. The van der Waals surface area contributed by atoms with Crippen LogP contribution in [0.3, 0.4) is 0 Å². The molecule has 0 aliphatic carbocycles. The van der Waals surface area contributed by atoms with Gasteiger partial charge in [0.05, 0.1) is 18.6 Å². The van der Waals surface area contributed by atoms with Crippen molar-refractivity contribution in [2.24, 2.45) is 0 Å². The highest BCUT2D eigenvalue weighted by molar-refractivity contribution is 7.89. The van der Waals surface area contributed by atoms with Crippen LogP contribution < -0.4 is 9.46 Å². The Labute approximate surface area is 121 Å². The lowest BCUT2D eigenvalue weighted by Gasteiger charge is -2.10. The molecule has 8 nitrogen and oxygen atoms in total. The van der Waals surface area contributed by atoms with Crippen molar-refractivity contribution in [3.05, 3.63) is 36.0 Å². The quantitative estimate of drug-likeness (QED) is 0.744. The van der Waals surface area contributed by atoms with Crippen LogP contribution in [0.25, 0.3) is 0 Å². The van der Waals surface area contributed by atoms with Crippen molar-refractivity contribution in [3.63, 3.8) is 0 Å². The molecule has 1 aromatic carbocycles. The number of hydrogen-bond donors (Lipinski definition) is 2. The van der Waals surface area contributed by atoms with E-state index in [0.717, 1.165) is 0 Å². The lowest BCUT2D eigenvalue weighted by Crippen LogP contribution is -2.26. The van der Waals surface area contributed by atoms with E-state index in [1.54, 1.807) is 0 Å². The van der Waals surface area contributed by atoms with Gasteiger partial charge in [-0.3, -0.25) is 0 Å². The van der Waals surface area contributed by atoms with Gasteiger partial charge in [-0.15, -0.1) is 0 Å². The molecule has 0 atom stereocenters. The summed E-state index contributed by atoms with van der Waals surface area (Å²) < 4.78 is 36.3. The summed E-state index contributed by atoms with van der Waals surface area (Å²) in [5.41, 5.74) is 0.401. The van der Waals surface area contributed by atoms with E-state index < -0.39 is 10.0 Å². The highest BCUT2D eigenvalue weighted by Crippen LogP contribution is 2.22. The van der Waals surface area contributed by atoms with Crippen LogP contribution in [0.2, 0.25) is 0 Å². The third-order valence-electron chi connectivity index (χ3n) is 2.78. The second kappa shape index (κ2) is 6.66. The molecule has 2 rings (SSSR count). The predicted molar refractivity (Wildman–Crippen MR) is 72.1 cm³/mol. The van der Waals surface area contributed by atoms with Gasteiger partial charge in [0.1, 0.15) is 5.75 Å². The molecule has 21 heavy (non-hydrogen) atoms. The largest absolute Gasteiger partial charge is 0.496 e. The number of hydrogen-bond acceptors (Lipinski definition) is 7. The fourth-order valence-electron chi connectivity index (χ4n) is 1.73. The summed E-state index contributed by atoms with van der Waals surface area (Å²) in [6.07, 6.45) is 1.50. The summed E-state index contributed by atoms with van der Waals surface area (Å²) in [5, 5.41) is 12.8. The van der Waals surface area contributed by atoms with Gasteiger partial charge < -0.3 is 14.4 Å². The van der Waals surface area contributed by atoms with Crippen molar-refractivity contribution in [2.45, 2.75) is 17.9 Å². The van der Waals surface area contributed by atoms with Gasteiger partial charge in [0.2, 0.25) is 16.4 Å². The standard InChI is InChI=1S/C12H15N3O5S/c1-19-11-3-2-10(6-9(11)7-16)21(17,18)14-5-4-12-13-8-20-15-12/h2-3,6,8,14,16H,4-5,7H2,1H3. The minimum Gasteiger partial charge on any atom is -0.496 e. The third-order valence-corrected chi connectivity index (χ3v) is 4.24. The van der Waals surface area contributed by atoms with E-state index in [2.05, 4.69) is 19.4 Å². The van der Waals surface area contributed by atoms with Crippen molar-refractivity contribution >= 4 is 10.0 Å². The van der Waals surface area contributed by atoms with Crippen LogP contribution in [0, 0.1) is 0 Å². The van der Waals surface area contributed by atoms with Crippen molar-refractivity contribution < 1.29 is 22.8 Å². The van der Waals surface area contributed by atoms with Crippen molar-refractivity contribution in [1.29, 1.82) is 0 Å². The summed E-state index contributed by atoms with van der Waals surface area (Å²) in [5.74, 6) is 0.853. The Morgan fingerprint density at radius 2 is 2.24 bits per heavy atom. The molecule has 0 saturated carbocycles. The second-order valence-electron chi connectivity index (χ2n) is 4.13. The number of aliphatic hydroxyl groups excluding tert-OH is 1. The zero-order valence-electron chi connectivity index (χ0n) is 11.3. The van der Waals surface area contributed by atoms with Crippen molar-refractivity contribution in [3.8, 4) is 5.75 Å². The molecule has 0 aliphatic heterocycles. The highest BCUT2D eigenvalue weighted by atomic mass is 32.2. The normalized spacial score (nSPS) is 11.5. The summed E-state index contributed by atoms with van der Waals surface area (Å²) in [4.78, 5) is 3.85. The van der Waals surface area contributed by atoms with Gasteiger partial charge in [-0.1, -0.05) is 5.16 Å². The molecule has 2 aromatic rings. The second-order valence-corrected chi connectivity index (χ2v) is 5.89. The number of aromatic nitrogens is 2. The number of methoxy groups -OCH3 is 1. The monoisotopic (exact) mass is 313 g/mol. The van der Waals surface area contributed by atoms with Crippen LogP contribution in [0.1, 0.15) is 11.4 Å². The fourth-order valence-corrected chi connectivity index (χ4v) is 2.81. The summed E-state index contributed by atoms with van der Waals surface area (Å²) in [7, 11) is -2.22. The third kappa shape index (κ3) is 3.78. The number of sulfonamides is 1. The molecular weight excluding hydrogens is 298 g/mol. The molecule has 0 amide bonds. The van der Waals surface area contributed by atoms with Crippen LogP contribution >= 0.6 is 0 Å². The molecule has 1 aromatic heterocycles. The molecule has 0 radical (unpaired) electrons. The first-order valence-electron chi connectivity index (χ1n) is 6.09. The van der Waals surface area contributed by atoms with Gasteiger partial charge >= 0.3 is 0 Å². The number of ether oxygens (including phenoxy) is 1. The van der Waals surface area contributed by atoms with E-state index in [0.29, 0.717) is 23.6 Å². The molecule has 1 heterocycles. The Morgan fingerprint density at radius 1 is 1.43 bits per heavy atom. The first-order valence-corrected chi connectivity index (χ1v) is 7.58. The topological polar surface area (TPSA) is 115 Å². The molecule has 114 valence electrons. The SMILES string of the molecule is COc1ccc(S(=O)(=O)NCCc2ncon2)cc1CO. The van der Waals surface area contributed by atoms with E-state index in [4.69, 9.17) is 4.74 Å². The van der Waals surface area contributed by atoms with E-state index in [9.17, 15) is 13.5 Å². The number of benzene rings is 1. The minimum atomic E-state index is -3.67. The maximum absolute atomic E-state index is 12.1. The summed E-state index contributed by atoms with van der Waals surface area (Å²) >= 11 is 0. The maximum atomic E-state index is 12.1.